The number of allylic oxidation sites excluding steroid dienone is 4. The zero-order valence-electron chi connectivity index (χ0n) is 10.9. The van der Waals surface area contributed by atoms with Crippen molar-refractivity contribution in [2.45, 2.75) is 25.7 Å². The van der Waals surface area contributed by atoms with E-state index in [-0.39, 0.29) is 0 Å². The fourth-order valence-corrected chi connectivity index (χ4v) is 1.96. The van der Waals surface area contributed by atoms with Gasteiger partial charge in [-0.25, -0.2) is 0 Å². The molecule has 2 nitrogen and oxygen atoms in total. The summed E-state index contributed by atoms with van der Waals surface area (Å²) in [6.07, 6.45) is 10.5. The summed E-state index contributed by atoms with van der Waals surface area (Å²) in [5.41, 5.74) is 4.37. The van der Waals surface area contributed by atoms with Crippen LogP contribution in [0.5, 0.6) is 0 Å². The fourth-order valence-electron chi connectivity index (χ4n) is 1.96. The number of hydrogen-bond donors (Lipinski definition) is 0. The molecule has 0 unspecified atom stereocenters. The second-order valence-corrected chi connectivity index (χ2v) is 4.02. The zero-order valence-corrected chi connectivity index (χ0v) is 10.9. The molecular formula is C16H20N2. The van der Waals surface area contributed by atoms with Crippen molar-refractivity contribution in [2.75, 3.05) is 0 Å². The molecule has 18 heavy (non-hydrogen) atoms. The second-order valence-electron chi connectivity index (χ2n) is 4.02. The van der Waals surface area contributed by atoms with Gasteiger partial charge in [-0.2, -0.15) is 10.2 Å². The van der Waals surface area contributed by atoms with Gasteiger partial charge in [0.1, 0.15) is 0 Å². The van der Waals surface area contributed by atoms with Crippen LogP contribution < -0.4 is 0 Å². The Labute approximate surface area is 109 Å². The van der Waals surface area contributed by atoms with Crippen molar-refractivity contribution in [2.24, 2.45) is 0 Å². The highest BCUT2D eigenvalue weighted by atomic mass is 15.1. The summed E-state index contributed by atoms with van der Waals surface area (Å²) in [4.78, 5) is 0. The van der Waals surface area contributed by atoms with E-state index in [0.717, 1.165) is 37.1 Å². The highest BCUT2D eigenvalue weighted by Gasteiger charge is 2.12. The van der Waals surface area contributed by atoms with Gasteiger partial charge in [0.25, 0.3) is 0 Å². The molecule has 94 valence electrons. The molecule has 0 fully saturated rings. The molecule has 0 saturated carbocycles. The number of aromatic nitrogens is 2. The molecule has 0 atom stereocenters. The molecule has 0 spiro atoms. The number of rotatable bonds is 8. The van der Waals surface area contributed by atoms with E-state index in [1.54, 1.807) is 0 Å². The first-order valence-corrected chi connectivity index (χ1v) is 6.08. The Balaban J connectivity index is 3.35. The summed E-state index contributed by atoms with van der Waals surface area (Å²) in [6.45, 7) is 15.2. The lowest BCUT2D eigenvalue weighted by molar-refractivity contribution is 0.843. The molecular weight excluding hydrogens is 220 g/mol. The summed E-state index contributed by atoms with van der Waals surface area (Å²) in [5.74, 6) is 0. The Morgan fingerprint density at radius 3 is 1.22 bits per heavy atom. The van der Waals surface area contributed by atoms with Crippen LogP contribution in [0, 0.1) is 0 Å². The van der Waals surface area contributed by atoms with Crippen LogP contribution in [-0.2, 0) is 25.7 Å². The lowest BCUT2D eigenvalue weighted by atomic mass is 9.96. The van der Waals surface area contributed by atoms with Crippen LogP contribution in [0.3, 0.4) is 0 Å². The molecule has 1 aromatic heterocycles. The molecule has 0 saturated heterocycles. The second kappa shape index (κ2) is 7.38. The van der Waals surface area contributed by atoms with Crippen LogP contribution in [-0.4, -0.2) is 10.2 Å². The third kappa shape index (κ3) is 3.27. The SMILES string of the molecule is C=CCc1nnc(CC=C)c(CC=C)c1CC=C. The topological polar surface area (TPSA) is 25.8 Å². The average Bonchev–Trinajstić information content (AvgIpc) is 2.37. The summed E-state index contributed by atoms with van der Waals surface area (Å²) >= 11 is 0. The van der Waals surface area contributed by atoms with E-state index < -0.39 is 0 Å². The van der Waals surface area contributed by atoms with Crippen molar-refractivity contribution in [1.29, 1.82) is 0 Å². The van der Waals surface area contributed by atoms with E-state index in [1.165, 1.54) is 11.1 Å². The van der Waals surface area contributed by atoms with Crippen LogP contribution in [0.4, 0.5) is 0 Å². The van der Waals surface area contributed by atoms with Crippen molar-refractivity contribution < 1.29 is 0 Å². The largest absolute Gasteiger partial charge is 0.155 e. The van der Waals surface area contributed by atoms with Gasteiger partial charge in [0.15, 0.2) is 0 Å². The minimum absolute atomic E-state index is 0.731. The van der Waals surface area contributed by atoms with Crippen molar-refractivity contribution in [1.82, 2.24) is 10.2 Å². The van der Waals surface area contributed by atoms with Gasteiger partial charge in [0, 0.05) is 12.8 Å². The Hall–Kier alpha value is -1.96. The molecule has 0 amide bonds. The molecule has 2 heteroatoms. The van der Waals surface area contributed by atoms with E-state index in [4.69, 9.17) is 0 Å². The molecule has 0 bridgehead atoms. The van der Waals surface area contributed by atoms with Gasteiger partial charge >= 0.3 is 0 Å². The highest BCUT2D eigenvalue weighted by molar-refractivity contribution is 5.37. The van der Waals surface area contributed by atoms with E-state index >= 15 is 0 Å². The minimum atomic E-state index is 0.731. The molecule has 0 radical (unpaired) electrons. The lowest BCUT2D eigenvalue weighted by Crippen LogP contribution is -2.09. The molecule has 0 N–H and O–H groups in total. The molecule has 0 aliphatic rings. The van der Waals surface area contributed by atoms with Crippen LogP contribution in [0.15, 0.2) is 50.6 Å². The predicted octanol–water partition coefficient (Wildman–Crippen LogP) is 3.39. The first kappa shape index (κ1) is 14.1. The standard InChI is InChI=1S/C16H20N2/c1-5-9-13-14(10-6-2)16(12-8-4)18-17-15(13)11-7-3/h5-8H,1-4,9-12H2. The highest BCUT2D eigenvalue weighted by Crippen LogP contribution is 2.19. The van der Waals surface area contributed by atoms with Crippen LogP contribution in [0.25, 0.3) is 0 Å². The maximum atomic E-state index is 4.30. The molecule has 1 rings (SSSR count). The Bertz CT molecular complexity index is 415. The third-order valence-electron chi connectivity index (χ3n) is 2.72. The summed E-state index contributed by atoms with van der Waals surface area (Å²) in [6, 6.07) is 0. The fraction of sp³-hybridized carbons (Fsp3) is 0.250. The van der Waals surface area contributed by atoms with Crippen molar-refractivity contribution in [3.05, 3.63) is 73.1 Å². The first-order chi connectivity index (χ1) is 8.78. The summed E-state index contributed by atoms with van der Waals surface area (Å²) in [7, 11) is 0. The Kier molecular flexibility index (Phi) is 5.78. The van der Waals surface area contributed by atoms with E-state index in [0.29, 0.717) is 0 Å². The average molecular weight is 240 g/mol. The maximum absolute atomic E-state index is 4.30. The lowest BCUT2D eigenvalue weighted by Gasteiger charge is -2.13. The van der Waals surface area contributed by atoms with E-state index in [1.807, 2.05) is 24.3 Å². The monoisotopic (exact) mass is 240 g/mol. The smallest absolute Gasteiger partial charge is 0.0706 e. The number of nitrogens with zero attached hydrogens (tertiary/aromatic N) is 2. The Morgan fingerprint density at radius 2 is 0.944 bits per heavy atom. The first-order valence-electron chi connectivity index (χ1n) is 6.08. The molecule has 0 aliphatic carbocycles. The van der Waals surface area contributed by atoms with Gasteiger partial charge < -0.3 is 0 Å². The van der Waals surface area contributed by atoms with Crippen LogP contribution in [0.2, 0.25) is 0 Å². The van der Waals surface area contributed by atoms with Crippen molar-refractivity contribution in [3.63, 3.8) is 0 Å². The molecule has 1 aromatic rings. The van der Waals surface area contributed by atoms with Crippen molar-refractivity contribution in [3.8, 4) is 0 Å². The summed E-state index contributed by atoms with van der Waals surface area (Å²) < 4.78 is 0. The van der Waals surface area contributed by atoms with Gasteiger partial charge in [0.05, 0.1) is 11.4 Å². The third-order valence-corrected chi connectivity index (χ3v) is 2.72. The zero-order chi connectivity index (χ0) is 13.4. The molecule has 0 aromatic carbocycles. The van der Waals surface area contributed by atoms with Gasteiger partial charge in [0.2, 0.25) is 0 Å². The van der Waals surface area contributed by atoms with E-state index in [2.05, 4.69) is 36.5 Å². The van der Waals surface area contributed by atoms with Gasteiger partial charge in [-0.05, 0) is 24.0 Å². The van der Waals surface area contributed by atoms with Gasteiger partial charge in [-0.3, -0.25) is 0 Å². The maximum Gasteiger partial charge on any atom is 0.0706 e. The molecule has 0 aliphatic heterocycles. The number of hydrogen-bond acceptors (Lipinski definition) is 2. The summed E-state index contributed by atoms with van der Waals surface area (Å²) in [5, 5.41) is 8.59. The minimum Gasteiger partial charge on any atom is -0.155 e. The normalized spacial score (nSPS) is 9.78. The van der Waals surface area contributed by atoms with Crippen LogP contribution in [0.1, 0.15) is 22.5 Å². The van der Waals surface area contributed by atoms with Gasteiger partial charge in [-0.15, -0.1) is 26.3 Å². The molecule has 1 heterocycles. The Morgan fingerprint density at radius 1 is 0.611 bits per heavy atom. The van der Waals surface area contributed by atoms with Crippen molar-refractivity contribution >= 4 is 0 Å². The van der Waals surface area contributed by atoms with Gasteiger partial charge in [-0.1, -0.05) is 24.3 Å². The predicted molar refractivity (Wildman–Crippen MR) is 77.6 cm³/mol. The van der Waals surface area contributed by atoms with E-state index in [9.17, 15) is 0 Å². The van der Waals surface area contributed by atoms with Crippen LogP contribution >= 0.6 is 0 Å². The quantitative estimate of drug-likeness (QED) is 0.651.